The topological polar surface area (TPSA) is 73.6 Å². The Kier molecular flexibility index (Phi) is 5.39. The minimum Gasteiger partial charge on any atom is -0.497 e. The third-order valence-corrected chi connectivity index (χ3v) is 4.57. The molecule has 0 aliphatic carbocycles. The Labute approximate surface area is 174 Å². The minimum absolute atomic E-state index is 0.0726. The highest BCUT2D eigenvalue weighted by Gasteiger charge is 2.11. The normalized spacial score (nSPS) is 10.8. The van der Waals surface area contributed by atoms with Crippen LogP contribution in [0.5, 0.6) is 11.5 Å². The molecule has 0 aliphatic rings. The standard InChI is InChI=1S/C24H22N2O4/c1-15-10-16(2)12-20(11-15)29-14-23(27)25-18-6-9-22-21(13-18)26-24(30-22)17-4-7-19(28-3)8-5-17/h4-13H,14H2,1-3H3,(H,25,27). The second kappa shape index (κ2) is 8.29. The first kappa shape index (κ1) is 19.5. The van der Waals surface area contributed by atoms with Crippen molar-refractivity contribution in [2.75, 3.05) is 19.0 Å². The highest BCUT2D eigenvalue weighted by molar-refractivity contribution is 5.94. The second-order valence-corrected chi connectivity index (χ2v) is 7.09. The Morgan fingerprint density at radius 3 is 2.40 bits per heavy atom. The van der Waals surface area contributed by atoms with Gasteiger partial charge in [-0.15, -0.1) is 0 Å². The summed E-state index contributed by atoms with van der Waals surface area (Å²) in [6.07, 6.45) is 0. The van der Waals surface area contributed by atoms with Gasteiger partial charge in [-0.1, -0.05) is 6.07 Å². The number of aryl methyl sites for hydroxylation is 2. The van der Waals surface area contributed by atoms with Gasteiger partial charge < -0.3 is 19.2 Å². The predicted octanol–water partition coefficient (Wildman–Crippen LogP) is 5.14. The van der Waals surface area contributed by atoms with E-state index in [1.807, 2.05) is 50.2 Å². The molecule has 0 spiro atoms. The first-order valence-electron chi connectivity index (χ1n) is 9.56. The number of benzene rings is 3. The maximum absolute atomic E-state index is 12.3. The van der Waals surface area contributed by atoms with Gasteiger partial charge >= 0.3 is 0 Å². The summed E-state index contributed by atoms with van der Waals surface area (Å²) in [4.78, 5) is 16.8. The summed E-state index contributed by atoms with van der Waals surface area (Å²) in [6.45, 7) is 3.91. The maximum Gasteiger partial charge on any atom is 0.262 e. The van der Waals surface area contributed by atoms with Crippen molar-refractivity contribution in [2.45, 2.75) is 13.8 Å². The van der Waals surface area contributed by atoms with Crippen LogP contribution in [0, 0.1) is 13.8 Å². The molecule has 6 heteroatoms. The summed E-state index contributed by atoms with van der Waals surface area (Å²) in [5.74, 6) is 1.71. The highest BCUT2D eigenvalue weighted by atomic mass is 16.5. The molecular weight excluding hydrogens is 380 g/mol. The molecule has 1 amide bonds. The lowest BCUT2D eigenvalue weighted by molar-refractivity contribution is -0.118. The summed E-state index contributed by atoms with van der Waals surface area (Å²) in [6, 6.07) is 18.7. The summed E-state index contributed by atoms with van der Waals surface area (Å²) in [7, 11) is 1.62. The Morgan fingerprint density at radius 2 is 1.70 bits per heavy atom. The first-order valence-corrected chi connectivity index (χ1v) is 9.56. The molecule has 0 atom stereocenters. The van der Waals surface area contributed by atoms with Crippen molar-refractivity contribution in [1.29, 1.82) is 0 Å². The summed E-state index contributed by atoms with van der Waals surface area (Å²) < 4.78 is 16.6. The number of fused-ring (bicyclic) bond motifs is 1. The monoisotopic (exact) mass is 402 g/mol. The summed E-state index contributed by atoms with van der Waals surface area (Å²) in [5.41, 5.74) is 4.97. The lowest BCUT2D eigenvalue weighted by atomic mass is 10.1. The van der Waals surface area contributed by atoms with E-state index in [4.69, 9.17) is 13.9 Å². The zero-order valence-corrected chi connectivity index (χ0v) is 17.1. The number of carbonyl (C=O) groups excluding carboxylic acids is 1. The molecule has 0 aliphatic heterocycles. The Balaban J connectivity index is 1.44. The molecule has 1 N–H and O–H groups in total. The predicted molar refractivity (Wildman–Crippen MR) is 116 cm³/mol. The van der Waals surface area contributed by atoms with Gasteiger partial charge in [-0.05, 0) is 79.6 Å². The quantitative estimate of drug-likeness (QED) is 0.483. The van der Waals surface area contributed by atoms with Crippen LogP contribution < -0.4 is 14.8 Å². The molecule has 1 aromatic heterocycles. The fourth-order valence-electron chi connectivity index (χ4n) is 3.22. The molecule has 0 saturated carbocycles. The van der Waals surface area contributed by atoms with Crippen LogP contribution in [0.25, 0.3) is 22.6 Å². The lowest BCUT2D eigenvalue weighted by Crippen LogP contribution is -2.20. The van der Waals surface area contributed by atoms with E-state index >= 15 is 0 Å². The number of amides is 1. The van der Waals surface area contributed by atoms with E-state index in [-0.39, 0.29) is 12.5 Å². The van der Waals surface area contributed by atoms with E-state index in [9.17, 15) is 4.79 Å². The molecule has 3 aromatic carbocycles. The van der Waals surface area contributed by atoms with Gasteiger partial charge in [0.25, 0.3) is 5.91 Å². The van der Waals surface area contributed by atoms with Gasteiger partial charge in [0.2, 0.25) is 5.89 Å². The number of hydrogen-bond donors (Lipinski definition) is 1. The molecular formula is C24H22N2O4. The number of aromatic nitrogens is 1. The zero-order valence-electron chi connectivity index (χ0n) is 17.1. The molecule has 0 unspecified atom stereocenters. The molecule has 0 saturated heterocycles. The van der Waals surface area contributed by atoms with E-state index < -0.39 is 0 Å². The largest absolute Gasteiger partial charge is 0.497 e. The summed E-state index contributed by atoms with van der Waals surface area (Å²) in [5, 5.41) is 2.84. The number of carbonyl (C=O) groups is 1. The van der Waals surface area contributed by atoms with Gasteiger partial charge in [0.1, 0.15) is 17.0 Å². The lowest BCUT2D eigenvalue weighted by Gasteiger charge is -2.09. The van der Waals surface area contributed by atoms with Crippen LogP contribution >= 0.6 is 0 Å². The average Bonchev–Trinajstić information content (AvgIpc) is 3.15. The molecule has 152 valence electrons. The van der Waals surface area contributed by atoms with Crippen LogP contribution in [0.3, 0.4) is 0 Å². The van der Waals surface area contributed by atoms with E-state index in [0.29, 0.717) is 28.4 Å². The van der Waals surface area contributed by atoms with E-state index in [2.05, 4.69) is 16.4 Å². The molecule has 30 heavy (non-hydrogen) atoms. The van der Waals surface area contributed by atoms with Crippen molar-refractivity contribution in [1.82, 2.24) is 4.98 Å². The third-order valence-electron chi connectivity index (χ3n) is 4.57. The number of ether oxygens (including phenoxy) is 2. The van der Waals surface area contributed by atoms with Crippen LogP contribution in [0.2, 0.25) is 0 Å². The van der Waals surface area contributed by atoms with Gasteiger partial charge in [0.05, 0.1) is 7.11 Å². The van der Waals surface area contributed by atoms with Crippen LogP contribution in [-0.2, 0) is 4.79 Å². The van der Waals surface area contributed by atoms with Crippen molar-refractivity contribution < 1.29 is 18.7 Å². The SMILES string of the molecule is COc1ccc(-c2nc3cc(NC(=O)COc4cc(C)cc(C)c4)ccc3o2)cc1. The number of nitrogens with one attached hydrogen (secondary N) is 1. The van der Waals surface area contributed by atoms with E-state index in [1.165, 1.54) is 0 Å². The van der Waals surface area contributed by atoms with Gasteiger partial charge in [-0.25, -0.2) is 4.98 Å². The van der Waals surface area contributed by atoms with Crippen molar-refractivity contribution in [3.63, 3.8) is 0 Å². The van der Waals surface area contributed by atoms with Gasteiger partial charge in [0.15, 0.2) is 12.2 Å². The van der Waals surface area contributed by atoms with Crippen LogP contribution in [0.15, 0.2) is 65.1 Å². The van der Waals surface area contributed by atoms with Gasteiger partial charge in [-0.2, -0.15) is 0 Å². The molecule has 0 bridgehead atoms. The summed E-state index contributed by atoms with van der Waals surface area (Å²) >= 11 is 0. The Bertz CT molecular complexity index is 1180. The van der Waals surface area contributed by atoms with Crippen LogP contribution in [0.4, 0.5) is 5.69 Å². The average molecular weight is 402 g/mol. The maximum atomic E-state index is 12.3. The van der Waals surface area contributed by atoms with Gasteiger partial charge in [0, 0.05) is 11.3 Å². The first-order chi connectivity index (χ1) is 14.5. The number of oxazole rings is 1. The minimum atomic E-state index is -0.243. The van der Waals surface area contributed by atoms with Crippen LogP contribution in [0.1, 0.15) is 11.1 Å². The van der Waals surface area contributed by atoms with Crippen molar-refractivity contribution in [3.05, 3.63) is 71.8 Å². The fraction of sp³-hybridized carbons (Fsp3) is 0.167. The fourth-order valence-corrected chi connectivity index (χ4v) is 3.22. The molecule has 4 aromatic rings. The Hall–Kier alpha value is -3.80. The number of rotatable bonds is 6. The molecule has 0 fully saturated rings. The van der Waals surface area contributed by atoms with E-state index in [1.54, 1.807) is 25.3 Å². The number of hydrogen-bond acceptors (Lipinski definition) is 5. The van der Waals surface area contributed by atoms with Crippen LogP contribution in [-0.4, -0.2) is 24.6 Å². The molecule has 0 radical (unpaired) electrons. The van der Waals surface area contributed by atoms with E-state index in [0.717, 1.165) is 22.4 Å². The molecule has 1 heterocycles. The number of methoxy groups -OCH3 is 1. The second-order valence-electron chi connectivity index (χ2n) is 7.09. The van der Waals surface area contributed by atoms with Crippen molar-refractivity contribution in [2.24, 2.45) is 0 Å². The Morgan fingerprint density at radius 1 is 0.967 bits per heavy atom. The smallest absolute Gasteiger partial charge is 0.262 e. The molecule has 6 nitrogen and oxygen atoms in total. The van der Waals surface area contributed by atoms with Crippen molar-refractivity contribution in [3.8, 4) is 23.0 Å². The number of anilines is 1. The number of nitrogens with zero attached hydrogens (tertiary/aromatic N) is 1. The molecule has 4 rings (SSSR count). The highest BCUT2D eigenvalue weighted by Crippen LogP contribution is 2.27. The van der Waals surface area contributed by atoms with Crippen molar-refractivity contribution >= 4 is 22.7 Å². The zero-order chi connectivity index (χ0) is 21.1. The van der Waals surface area contributed by atoms with Gasteiger partial charge in [-0.3, -0.25) is 4.79 Å². The third kappa shape index (κ3) is 4.43.